The molecule has 3 aromatic heterocycles. The first-order valence-electron chi connectivity index (χ1n) is 11.5. The average Bonchev–Trinajstić information content (AvgIpc) is 2.90. The van der Waals surface area contributed by atoms with E-state index < -0.39 is 5.56 Å². The minimum Gasteiger partial charge on any atom is -0.367 e. The molecule has 2 N–H and O–H groups in total. The molecule has 37 heavy (non-hydrogen) atoms. The Morgan fingerprint density at radius 1 is 1.08 bits per heavy atom. The maximum absolute atomic E-state index is 14.9. The molecule has 0 atom stereocenters. The Bertz CT molecular complexity index is 1550. The highest BCUT2D eigenvalue weighted by Crippen LogP contribution is 2.25. The third kappa shape index (κ3) is 5.14. The number of nitrogens with one attached hydrogen (secondary N) is 2. The van der Waals surface area contributed by atoms with Crippen molar-refractivity contribution in [2.24, 2.45) is 0 Å². The van der Waals surface area contributed by atoms with Gasteiger partial charge in [-0.25, -0.2) is 9.37 Å². The molecule has 1 fully saturated rings. The monoisotopic (exact) mass is 501 g/mol. The van der Waals surface area contributed by atoms with Gasteiger partial charge >= 0.3 is 0 Å². The largest absolute Gasteiger partial charge is 0.367 e. The van der Waals surface area contributed by atoms with Crippen molar-refractivity contribution in [2.75, 3.05) is 48.8 Å². The summed E-state index contributed by atoms with van der Waals surface area (Å²) in [5.74, 6) is -0.565. The zero-order chi connectivity index (χ0) is 25.9. The van der Waals surface area contributed by atoms with Gasteiger partial charge in [-0.15, -0.1) is 0 Å². The second kappa shape index (κ2) is 10.1. The Kier molecular flexibility index (Phi) is 6.56. The predicted octanol–water partition coefficient (Wildman–Crippen LogP) is 2.33. The van der Waals surface area contributed by atoms with Gasteiger partial charge in [0.25, 0.3) is 5.56 Å². The summed E-state index contributed by atoms with van der Waals surface area (Å²) in [5, 5.41) is 5.83. The molecule has 12 heteroatoms. The third-order valence-electron chi connectivity index (χ3n) is 6.02. The van der Waals surface area contributed by atoms with Crippen LogP contribution in [0.4, 0.5) is 27.4 Å². The highest BCUT2D eigenvalue weighted by molar-refractivity contribution is 5.98. The van der Waals surface area contributed by atoms with E-state index in [0.717, 1.165) is 32.3 Å². The molecule has 0 saturated carbocycles. The minimum absolute atomic E-state index is 0.169. The zero-order valence-corrected chi connectivity index (χ0v) is 20.1. The molecular formula is C25H24FN9O2. The summed E-state index contributed by atoms with van der Waals surface area (Å²) in [7, 11) is 2.05. The fourth-order valence-corrected chi connectivity index (χ4v) is 4.03. The summed E-state index contributed by atoms with van der Waals surface area (Å²) in [5.41, 5.74) is 1.72. The van der Waals surface area contributed by atoms with Crippen LogP contribution in [-0.4, -0.2) is 68.5 Å². The lowest BCUT2D eigenvalue weighted by molar-refractivity contribution is -0.111. The Morgan fingerprint density at radius 2 is 1.89 bits per heavy atom. The van der Waals surface area contributed by atoms with Crippen LogP contribution < -0.4 is 21.1 Å². The van der Waals surface area contributed by atoms with E-state index in [-0.39, 0.29) is 28.7 Å². The standard InChI is InChI=1S/C25H24FN9O2/c1-3-22(36)30-17-10-18(13-27-12-17)35-15-29-24(37)19-14-28-25(32-23(19)35)31-16-4-5-21(20(26)11-16)34-8-6-33(2)7-9-34/h3-5,10-15H,1,6-9H2,2H3,(H,30,36)(H,28,31,32). The Morgan fingerprint density at radius 3 is 2.65 bits per heavy atom. The number of carbonyl (C=O) groups excluding carboxylic acids is 1. The van der Waals surface area contributed by atoms with Crippen LogP contribution in [0.1, 0.15) is 0 Å². The van der Waals surface area contributed by atoms with Crippen LogP contribution in [-0.2, 0) is 4.79 Å². The lowest BCUT2D eigenvalue weighted by Gasteiger charge is -2.34. The van der Waals surface area contributed by atoms with Gasteiger partial charge in [0.15, 0.2) is 5.65 Å². The number of nitrogens with zero attached hydrogens (tertiary/aromatic N) is 7. The number of hydrogen-bond donors (Lipinski definition) is 2. The van der Waals surface area contributed by atoms with Crippen molar-refractivity contribution in [3.05, 3.63) is 78.0 Å². The number of piperazine rings is 1. The molecule has 5 rings (SSSR count). The fourth-order valence-electron chi connectivity index (χ4n) is 4.03. The van der Waals surface area contributed by atoms with Gasteiger partial charge in [-0.05, 0) is 37.4 Å². The number of amides is 1. The van der Waals surface area contributed by atoms with Gasteiger partial charge in [0.05, 0.1) is 29.5 Å². The number of halogens is 1. The van der Waals surface area contributed by atoms with E-state index in [1.54, 1.807) is 22.8 Å². The van der Waals surface area contributed by atoms with Crippen LogP contribution >= 0.6 is 0 Å². The topological polar surface area (TPSA) is 121 Å². The highest BCUT2D eigenvalue weighted by Gasteiger charge is 2.18. The lowest BCUT2D eigenvalue weighted by atomic mass is 10.2. The van der Waals surface area contributed by atoms with Gasteiger partial charge in [0, 0.05) is 38.1 Å². The number of rotatable bonds is 6. The molecule has 1 aliphatic heterocycles. The van der Waals surface area contributed by atoms with Crippen molar-refractivity contribution < 1.29 is 9.18 Å². The van der Waals surface area contributed by atoms with Gasteiger partial charge in [0.1, 0.15) is 17.5 Å². The van der Waals surface area contributed by atoms with Gasteiger partial charge in [-0.2, -0.15) is 9.97 Å². The summed E-state index contributed by atoms with van der Waals surface area (Å²) in [6.45, 7) is 6.70. The molecular weight excluding hydrogens is 477 g/mol. The predicted molar refractivity (Wildman–Crippen MR) is 139 cm³/mol. The molecule has 1 saturated heterocycles. The van der Waals surface area contributed by atoms with Crippen LogP contribution in [0.25, 0.3) is 16.7 Å². The number of anilines is 4. The van der Waals surface area contributed by atoms with E-state index in [0.29, 0.717) is 22.7 Å². The second-order valence-corrected chi connectivity index (χ2v) is 8.56. The molecule has 0 aliphatic carbocycles. The molecule has 11 nitrogen and oxygen atoms in total. The number of fused-ring (bicyclic) bond motifs is 1. The third-order valence-corrected chi connectivity index (χ3v) is 6.02. The first kappa shape index (κ1) is 24.0. The molecule has 1 amide bonds. The van der Waals surface area contributed by atoms with Gasteiger partial charge < -0.3 is 20.4 Å². The number of hydrogen-bond acceptors (Lipinski definition) is 9. The highest BCUT2D eigenvalue weighted by atomic mass is 19.1. The van der Waals surface area contributed by atoms with Crippen LogP contribution in [0.3, 0.4) is 0 Å². The molecule has 0 unspecified atom stereocenters. The van der Waals surface area contributed by atoms with Crippen molar-refractivity contribution in [2.45, 2.75) is 0 Å². The van der Waals surface area contributed by atoms with Crippen molar-refractivity contribution >= 4 is 40.0 Å². The molecule has 4 aromatic rings. The summed E-state index contributed by atoms with van der Waals surface area (Å²) in [6.07, 6.45) is 6.85. The number of likely N-dealkylation sites (N-methyl/N-ethyl adjacent to an activating group) is 1. The quantitative estimate of drug-likeness (QED) is 0.384. The summed E-state index contributed by atoms with van der Waals surface area (Å²) >= 11 is 0. The van der Waals surface area contributed by atoms with Crippen molar-refractivity contribution in [3.8, 4) is 5.69 Å². The Hall–Kier alpha value is -4.71. The molecule has 4 heterocycles. The first-order chi connectivity index (χ1) is 17.9. The Labute approximate surface area is 211 Å². The van der Waals surface area contributed by atoms with E-state index in [9.17, 15) is 14.0 Å². The van der Waals surface area contributed by atoms with Crippen LogP contribution in [0.2, 0.25) is 0 Å². The van der Waals surface area contributed by atoms with Gasteiger partial charge in [-0.3, -0.25) is 19.1 Å². The fraction of sp³-hybridized carbons (Fsp3) is 0.200. The lowest BCUT2D eigenvalue weighted by Crippen LogP contribution is -2.44. The van der Waals surface area contributed by atoms with Gasteiger partial charge in [-0.1, -0.05) is 6.58 Å². The molecule has 1 aliphatic rings. The summed E-state index contributed by atoms with van der Waals surface area (Å²) in [6, 6.07) is 6.55. The maximum atomic E-state index is 14.9. The molecule has 0 spiro atoms. The number of benzene rings is 1. The van der Waals surface area contributed by atoms with Crippen molar-refractivity contribution in [1.29, 1.82) is 0 Å². The zero-order valence-electron chi connectivity index (χ0n) is 20.1. The smallest absolute Gasteiger partial charge is 0.283 e. The molecule has 1 aromatic carbocycles. The van der Waals surface area contributed by atoms with Crippen LogP contribution in [0.5, 0.6) is 0 Å². The van der Waals surface area contributed by atoms with E-state index in [1.165, 1.54) is 31.0 Å². The van der Waals surface area contributed by atoms with Crippen LogP contribution in [0.15, 0.2) is 66.6 Å². The van der Waals surface area contributed by atoms with E-state index in [2.05, 4.69) is 42.0 Å². The number of pyridine rings is 1. The second-order valence-electron chi connectivity index (χ2n) is 8.56. The first-order valence-corrected chi connectivity index (χ1v) is 11.5. The number of aromatic nitrogens is 5. The number of carbonyl (C=O) groups is 1. The minimum atomic E-state index is -0.496. The SMILES string of the molecule is C=CC(=O)Nc1cncc(-n2cnc(=O)c3cnc(Nc4ccc(N5CCN(C)CC5)c(F)c4)nc32)c1. The maximum Gasteiger partial charge on any atom is 0.283 e. The normalized spacial score (nSPS) is 13.9. The van der Waals surface area contributed by atoms with Crippen LogP contribution in [0, 0.1) is 5.82 Å². The molecule has 188 valence electrons. The molecule has 0 radical (unpaired) electrons. The summed E-state index contributed by atoms with van der Waals surface area (Å²) in [4.78, 5) is 45.0. The van der Waals surface area contributed by atoms with E-state index in [1.807, 2.05) is 11.9 Å². The van der Waals surface area contributed by atoms with Crippen molar-refractivity contribution in [3.63, 3.8) is 0 Å². The Balaban J connectivity index is 1.45. The van der Waals surface area contributed by atoms with Crippen molar-refractivity contribution in [1.82, 2.24) is 29.4 Å². The van der Waals surface area contributed by atoms with Gasteiger partial charge in [0.2, 0.25) is 11.9 Å². The van der Waals surface area contributed by atoms with E-state index >= 15 is 0 Å². The summed E-state index contributed by atoms with van der Waals surface area (Å²) < 4.78 is 16.5. The average molecular weight is 502 g/mol. The van der Waals surface area contributed by atoms with E-state index in [4.69, 9.17) is 0 Å². The molecule has 0 bridgehead atoms.